The number of hydrogen-bond donors (Lipinski definition) is 2. The number of likely N-dealkylation sites (N-methyl/N-ethyl adjacent to an activating group) is 1. The molecule has 0 radical (unpaired) electrons. The van der Waals surface area contributed by atoms with Crippen molar-refractivity contribution in [2.75, 3.05) is 20.1 Å². The van der Waals surface area contributed by atoms with Crippen molar-refractivity contribution in [2.45, 2.75) is 67.7 Å². The second-order valence-electron chi connectivity index (χ2n) is 11.2. The van der Waals surface area contributed by atoms with Gasteiger partial charge in [-0.25, -0.2) is 0 Å². The molecule has 3 fully saturated rings. The molecule has 1 aromatic carbocycles. The maximum Gasteiger partial charge on any atom is 0.246 e. The number of aliphatic hydroxyl groups is 1. The molecular formula is C28H32N2O4S. The predicted octanol–water partition coefficient (Wildman–Crippen LogP) is 3.56. The molecular weight excluding hydrogens is 460 g/mol. The summed E-state index contributed by atoms with van der Waals surface area (Å²) >= 11 is 1.61. The van der Waals surface area contributed by atoms with E-state index in [0.29, 0.717) is 18.6 Å². The van der Waals surface area contributed by atoms with E-state index in [-0.39, 0.29) is 29.8 Å². The van der Waals surface area contributed by atoms with Gasteiger partial charge < -0.3 is 19.8 Å². The van der Waals surface area contributed by atoms with Crippen LogP contribution in [0.1, 0.15) is 48.8 Å². The first-order chi connectivity index (χ1) is 16.9. The summed E-state index contributed by atoms with van der Waals surface area (Å²) in [5.74, 6) is 1.36. The maximum atomic E-state index is 13.2. The molecule has 0 unspecified atom stereocenters. The van der Waals surface area contributed by atoms with Gasteiger partial charge in [0, 0.05) is 31.3 Å². The monoisotopic (exact) mass is 492 g/mol. The summed E-state index contributed by atoms with van der Waals surface area (Å²) in [6.07, 6.45) is 8.57. The van der Waals surface area contributed by atoms with Crippen molar-refractivity contribution in [1.29, 1.82) is 0 Å². The van der Waals surface area contributed by atoms with Crippen molar-refractivity contribution in [3.05, 3.63) is 51.7 Å². The van der Waals surface area contributed by atoms with Crippen LogP contribution in [0.3, 0.4) is 0 Å². The smallest absolute Gasteiger partial charge is 0.246 e. The molecule has 6 nitrogen and oxygen atoms in total. The summed E-state index contributed by atoms with van der Waals surface area (Å²) in [6, 6.07) is 5.62. The zero-order valence-corrected chi connectivity index (χ0v) is 20.8. The molecule has 7 heteroatoms. The summed E-state index contributed by atoms with van der Waals surface area (Å²) in [5.41, 5.74) is 1.68. The molecule has 3 aliphatic carbocycles. The van der Waals surface area contributed by atoms with Crippen LogP contribution in [0.5, 0.6) is 11.5 Å². The SMILES string of the molecule is CN(C(=O)/C=C/c1ccsc1)[C@H]1CC[C@@]2(O)[C@@H]3Cc4ccc(O)c5c4[C@@]2(CCN3CC2CC2)[C@H]1O5. The number of carbonyl (C=O) groups excluding carboxylic acids is 1. The molecule has 5 atom stereocenters. The van der Waals surface area contributed by atoms with Crippen molar-refractivity contribution < 1.29 is 19.7 Å². The fourth-order valence-corrected chi connectivity index (χ4v) is 8.30. The van der Waals surface area contributed by atoms with Gasteiger partial charge in [-0.2, -0.15) is 11.3 Å². The number of aromatic hydroxyl groups is 1. The Labute approximate surface area is 209 Å². The predicted molar refractivity (Wildman–Crippen MR) is 135 cm³/mol. The van der Waals surface area contributed by atoms with E-state index in [4.69, 9.17) is 4.74 Å². The third-order valence-electron chi connectivity index (χ3n) is 9.54. The minimum Gasteiger partial charge on any atom is -0.504 e. The lowest BCUT2D eigenvalue weighted by Crippen LogP contribution is -2.78. The Kier molecular flexibility index (Phi) is 4.74. The van der Waals surface area contributed by atoms with Gasteiger partial charge >= 0.3 is 0 Å². The maximum absolute atomic E-state index is 13.2. The molecule has 2 saturated carbocycles. The van der Waals surface area contributed by atoms with Gasteiger partial charge in [-0.15, -0.1) is 0 Å². The summed E-state index contributed by atoms with van der Waals surface area (Å²) < 4.78 is 6.59. The fourth-order valence-electron chi connectivity index (χ4n) is 7.67. The van der Waals surface area contributed by atoms with Crippen LogP contribution in [0.15, 0.2) is 35.0 Å². The fraction of sp³-hybridized carbons (Fsp3) is 0.536. The van der Waals surface area contributed by atoms with Crippen LogP contribution >= 0.6 is 11.3 Å². The van der Waals surface area contributed by atoms with Gasteiger partial charge in [-0.1, -0.05) is 6.07 Å². The van der Waals surface area contributed by atoms with Crippen molar-refractivity contribution >= 4 is 23.3 Å². The number of phenolic OH excluding ortho intramolecular Hbond substituents is 1. The van der Waals surface area contributed by atoms with Gasteiger partial charge in [-0.3, -0.25) is 9.69 Å². The Morgan fingerprint density at radius 2 is 2.14 bits per heavy atom. The van der Waals surface area contributed by atoms with Crippen LogP contribution in [0, 0.1) is 5.92 Å². The van der Waals surface area contributed by atoms with E-state index < -0.39 is 11.0 Å². The van der Waals surface area contributed by atoms with Gasteiger partial charge in [0.25, 0.3) is 0 Å². The summed E-state index contributed by atoms with van der Waals surface area (Å²) in [7, 11) is 1.85. The van der Waals surface area contributed by atoms with Crippen LogP contribution < -0.4 is 4.74 Å². The summed E-state index contributed by atoms with van der Waals surface area (Å²) in [6.45, 7) is 1.98. The van der Waals surface area contributed by atoms with E-state index >= 15 is 0 Å². The number of nitrogens with zero attached hydrogens (tertiary/aromatic N) is 2. The minimum atomic E-state index is -0.927. The van der Waals surface area contributed by atoms with Crippen molar-refractivity contribution in [3.8, 4) is 11.5 Å². The molecule has 3 heterocycles. The van der Waals surface area contributed by atoms with Crippen LogP contribution in [0.4, 0.5) is 0 Å². The Morgan fingerprint density at radius 1 is 1.29 bits per heavy atom. The average molecular weight is 493 g/mol. The van der Waals surface area contributed by atoms with Crippen molar-refractivity contribution in [3.63, 3.8) is 0 Å². The molecule has 2 bridgehead atoms. The molecule has 1 amide bonds. The van der Waals surface area contributed by atoms with Crippen LogP contribution in [0.2, 0.25) is 0 Å². The lowest BCUT2D eigenvalue weighted by atomic mass is 9.48. The Morgan fingerprint density at radius 3 is 2.91 bits per heavy atom. The molecule has 1 spiro atoms. The summed E-state index contributed by atoms with van der Waals surface area (Å²) in [5, 5.41) is 27.4. The molecule has 7 rings (SSSR count). The van der Waals surface area contributed by atoms with Gasteiger partial charge in [-0.05, 0) is 91.1 Å². The minimum absolute atomic E-state index is 0.0476. The molecule has 2 N–H and O–H groups in total. The van der Waals surface area contributed by atoms with E-state index in [1.54, 1.807) is 28.4 Å². The lowest BCUT2D eigenvalue weighted by Gasteiger charge is -2.64. The Bertz CT molecular complexity index is 1210. The largest absolute Gasteiger partial charge is 0.504 e. The van der Waals surface area contributed by atoms with Crippen molar-refractivity contribution in [2.24, 2.45) is 5.92 Å². The van der Waals surface area contributed by atoms with Crippen LogP contribution in [0.25, 0.3) is 6.08 Å². The molecule has 2 aliphatic heterocycles. The molecule has 5 aliphatic rings. The van der Waals surface area contributed by atoms with E-state index in [1.807, 2.05) is 36.0 Å². The molecule has 184 valence electrons. The molecule has 1 saturated heterocycles. The number of hydrogen-bond acceptors (Lipinski definition) is 6. The van der Waals surface area contributed by atoms with Gasteiger partial charge in [0.1, 0.15) is 6.10 Å². The lowest BCUT2D eigenvalue weighted by molar-refractivity contribution is -0.200. The number of thiophene rings is 1. The molecule has 2 aromatic rings. The van der Waals surface area contributed by atoms with Gasteiger partial charge in [0.15, 0.2) is 11.5 Å². The topological polar surface area (TPSA) is 73.2 Å². The van der Waals surface area contributed by atoms with Gasteiger partial charge in [0.2, 0.25) is 5.91 Å². The highest BCUT2D eigenvalue weighted by Gasteiger charge is 2.73. The first kappa shape index (κ1) is 21.9. The van der Waals surface area contributed by atoms with Crippen LogP contribution in [-0.4, -0.2) is 69.8 Å². The third-order valence-corrected chi connectivity index (χ3v) is 10.2. The first-order valence-electron chi connectivity index (χ1n) is 12.9. The Balaban J connectivity index is 1.28. The zero-order chi connectivity index (χ0) is 23.9. The quantitative estimate of drug-likeness (QED) is 0.625. The number of rotatable bonds is 5. The Hall–Kier alpha value is -2.35. The second kappa shape index (κ2) is 7.58. The zero-order valence-electron chi connectivity index (χ0n) is 20.0. The highest BCUT2D eigenvalue weighted by Crippen LogP contribution is 2.66. The normalized spacial score (nSPS) is 35.1. The number of likely N-dealkylation sites (tertiary alicyclic amines) is 1. The highest BCUT2D eigenvalue weighted by molar-refractivity contribution is 7.08. The summed E-state index contributed by atoms with van der Waals surface area (Å²) in [4.78, 5) is 17.6. The number of carbonyl (C=O) groups is 1. The number of amides is 1. The van der Waals surface area contributed by atoms with Crippen LogP contribution in [-0.2, 0) is 16.6 Å². The standard InChI is InChI=1S/C28H32N2O4S/c1-29(23(32)7-4-18-9-13-35-16-18)20-8-10-28(33)22-14-19-5-6-21(31)25-24(19)27(28,26(20)34-25)11-12-30(22)15-17-2-3-17/h4-7,9,13,16-17,20,22,26,31,33H,2-3,8,10-12,14-15H2,1H3/b7-4+/t20-,22-,26-,27-,28+/m0/s1. The highest BCUT2D eigenvalue weighted by atomic mass is 32.1. The number of ether oxygens (including phenoxy) is 1. The van der Waals surface area contributed by atoms with Crippen molar-refractivity contribution in [1.82, 2.24) is 9.80 Å². The van der Waals surface area contributed by atoms with E-state index in [1.165, 1.54) is 18.4 Å². The average Bonchev–Trinajstić information content (AvgIpc) is 3.36. The second-order valence-corrected chi connectivity index (χ2v) is 12.0. The first-order valence-corrected chi connectivity index (χ1v) is 13.8. The number of piperidine rings is 1. The molecule has 1 aromatic heterocycles. The number of phenols is 1. The van der Waals surface area contributed by atoms with E-state index in [2.05, 4.69) is 4.90 Å². The van der Waals surface area contributed by atoms with E-state index in [9.17, 15) is 15.0 Å². The third kappa shape index (κ3) is 2.98. The van der Waals surface area contributed by atoms with Gasteiger partial charge in [0.05, 0.1) is 17.1 Å². The number of benzene rings is 1. The molecule has 35 heavy (non-hydrogen) atoms. The van der Waals surface area contributed by atoms with E-state index in [0.717, 1.165) is 43.0 Å².